The van der Waals surface area contributed by atoms with Crippen LogP contribution in [0.15, 0.2) is 0 Å². The third kappa shape index (κ3) is 7.60. The van der Waals surface area contributed by atoms with E-state index in [1.165, 1.54) is 57.7 Å². The smallest absolute Gasteiger partial charge is 0.187 e. The molecule has 0 bridgehead atoms. The molecule has 0 N–H and O–H groups in total. The van der Waals surface area contributed by atoms with Crippen molar-refractivity contribution in [3.63, 3.8) is 0 Å². The lowest BCUT2D eigenvalue weighted by Crippen LogP contribution is -2.66. The van der Waals surface area contributed by atoms with Crippen LogP contribution in [0.4, 0.5) is 0 Å². The quantitative estimate of drug-likeness (QED) is 0.178. The molecule has 0 aromatic carbocycles. The van der Waals surface area contributed by atoms with Gasteiger partial charge >= 0.3 is 0 Å². The summed E-state index contributed by atoms with van der Waals surface area (Å²) in [6.07, 6.45) is 13.9. The van der Waals surface area contributed by atoms with E-state index in [-0.39, 0.29) is 82.5 Å². The average molecular weight is 867 g/mol. The second-order valence-corrected chi connectivity index (χ2v) is 25.7. The van der Waals surface area contributed by atoms with Gasteiger partial charge in [0.05, 0.1) is 30.5 Å². The molecule has 3 aliphatic heterocycles. The average Bonchev–Trinajstić information content (AvgIpc) is 3.23. The minimum Gasteiger partial charge on any atom is -0.349 e. The number of hydrogen-bond acceptors (Lipinski definition) is 7. The Kier molecular flexibility index (Phi) is 13.3. The number of rotatable bonds is 8. The number of fused-ring (bicyclic) bond motifs is 7. The van der Waals surface area contributed by atoms with Crippen molar-refractivity contribution in [3.8, 4) is 0 Å². The van der Waals surface area contributed by atoms with Crippen LogP contribution in [0, 0.1) is 98.1 Å². The molecule has 0 spiro atoms. The first kappa shape index (κ1) is 47.9. The van der Waals surface area contributed by atoms with Crippen molar-refractivity contribution in [2.45, 2.75) is 243 Å². The van der Waals surface area contributed by atoms with E-state index in [1.807, 2.05) is 0 Å². The summed E-state index contributed by atoms with van der Waals surface area (Å²) in [4.78, 5) is 13.0. The molecule has 8 fully saturated rings. The first-order valence-corrected chi connectivity index (χ1v) is 26.5. The monoisotopic (exact) mass is 867 g/mol. The van der Waals surface area contributed by atoms with Crippen LogP contribution in [-0.4, -0.2) is 61.8 Å². The Hall–Kier alpha value is -0.570. The zero-order chi connectivity index (χ0) is 45.1. The van der Waals surface area contributed by atoms with Crippen molar-refractivity contribution in [2.24, 2.45) is 98.1 Å². The highest BCUT2D eigenvalue weighted by atomic mass is 16.8. The third-order valence-electron chi connectivity index (χ3n) is 22.7. The highest BCUT2D eigenvalue weighted by Gasteiger charge is 2.69. The molecule has 7 nitrogen and oxygen atoms in total. The lowest BCUT2D eigenvalue weighted by Gasteiger charge is -2.72. The second-order valence-electron chi connectivity index (χ2n) is 25.7. The highest BCUT2D eigenvalue weighted by Crippen LogP contribution is 2.76. The predicted octanol–water partition coefficient (Wildman–Crippen LogP) is 12.9. The Bertz CT molecular complexity index is 1580. The Balaban J connectivity index is 1.04. The Morgan fingerprint density at radius 3 is 1.81 bits per heavy atom. The Labute approximate surface area is 379 Å². The van der Waals surface area contributed by atoms with Gasteiger partial charge in [0, 0.05) is 23.2 Å². The maximum absolute atomic E-state index is 13.0. The van der Waals surface area contributed by atoms with E-state index in [0.717, 1.165) is 25.7 Å². The molecule has 0 amide bonds. The lowest BCUT2D eigenvalue weighted by molar-refractivity contribution is -0.377. The van der Waals surface area contributed by atoms with Gasteiger partial charge in [0.2, 0.25) is 0 Å². The number of carbonyl (C=O) groups excluding carboxylic acids is 1. The van der Waals surface area contributed by atoms with Gasteiger partial charge in [-0.3, -0.25) is 0 Å². The van der Waals surface area contributed by atoms with Crippen molar-refractivity contribution >= 4 is 6.29 Å². The van der Waals surface area contributed by atoms with Crippen LogP contribution in [0.25, 0.3) is 0 Å². The van der Waals surface area contributed by atoms with Crippen LogP contribution in [0.1, 0.15) is 188 Å². The minimum absolute atomic E-state index is 0.0665. The summed E-state index contributed by atoms with van der Waals surface area (Å²) in [5.41, 5.74) is 1.04. The van der Waals surface area contributed by atoms with E-state index in [2.05, 4.69) is 111 Å². The lowest BCUT2D eigenvalue weighted by atomic mass is 9.32. The SMILES string of the molecule is CCC1O[C@@H](OC2[C@H](O[C@H]3CCC4(C)C5CCC6C7CC(C)(C)CC[C@]7(C=O)CC[C@@]6(C)[C@@]5(C)CC[C@H]4C3C)OC(C)[C@H](C)[C@@H]2O[C@H]2O[C@@H](C)[C@@H](C)C(C)C2C)C(C)[C@@H](C)[C@H]1C. The summed E-state index contributed by atoms with van der Waals surface area (Å²) >= 11 is 0. The largest absolute Gasteiger partial charge is 0.349 e. The number of carbonyl (C=O) groups is 1. The predicted molar refractivity (Wildman–Crippen MR) is 247 cm³/mol. The molecule has 3 heterocycles. The van der Waals surface area contributed by atoms with Crippen LogP contribution in [-0.2, 0) is 33.2 Å². The summed E-state index contributed by atoms with van der Waals surface area (Å²) < 4.78 is 42.6. The first-order chi connectivity index (χ1) is 29.1. The van der Waals surface area contributed by atoms with Crippen molar-refractivity contribution in [3.05, 3.63) is 0 Å². The van der Waals surface area contributed by atoms with E-state index in [0.29, 0.717) is 58.7 Å². The van der Waals surface area contributed by atoms with E-state index in [4.69, 9.17) is 28.4 Å². The van der Waals surface area contributed by atoms with E-state index in [9.17, 15) is 4.79 Å². The van der Waals surface area contributed by atoms with Crippen molar-refractivity contribution < 1.29 is 33.2 Å². The van der Waals surface area contributed by atoms with Crippen LogP contribution in [0.5, 0.6) is 0 Å². The fourth-order valence-electron chi connectivity index (χ4n) is 17.0. The fraction of sp³-hybridized carbons (Fsp3) is 0.982. The molecule has 0 aromatic heterocycles. The molecule has 3 saturated heterocycles. The molecule has 5 saturated carbocycles. The highest BCUT2D eigenvalue weighted by molar-refractivity contribution is 5.61. The Morgan fingerprint density at radius 2 is 1.13 bits per heavy atom. The molecule has 7 heteroatoms. The summed E-state index contributed by atoms with van der Waals surface area (Å²) in [6.45, 7) is 38.4. The van der Waals surface area contributed by atoms with Gasteiger partial charge in [0.25, 0.3) is 0 Å². The second kappa shape index (κ2) is 17.2. The molecule has 356 valence electrons. The van der Waals surface area contributed by atoms with E-state index < -0.39 is 12.4 Å². The van der Waals surface area contributed by atoms with Gasteiger partial charge in [-0.05, 0) is 166 Å². The van der Waals surface area contributed by atoms with Crippen LogP contribution >= 0.6 is 0 Å². The molecule has 25 atom stereocenters. The standard InChI is InChI=1S/C55H94O7/c1-17-43-33(5)31(3)35(7)49(59-43)62-47-46(61-48-34(6)30(2)32(4)38(10)57-48)36(8)39(11)58-50(47)60-44-21-22-52(14)40(37(44)9)20-23-54(16)45(52)19-18-41-42-28-51(12,13)24-26-55(42,29-56)27-25-53(41,54)15/h29-50H,17-28H2,1-16H3/t30?,31-,32-,33+,34?,35?,36-,37?,38-,39?,40-,41?,42?,43?,44-,45?,46-,47?,48+,49-,50-,52?,53+,54-,55+/m0/s1. The van der Waals surface area contributed by atoms with Crippen LogP contribution in [0.2, 0.25) is 0 Å². The van der Waals surface area contributed by atoms with E-state index >= 15 is 0 Å². The molecule has 11 unspecified atom stereocenters. The van der Waals surface area contributed by atoms with Gasteiger partial charge in [0.15, 0.2) is 18.9 Å². The maximum Gasteiger partial charge on any atom is 0.187 e. The van der Waals surface area contributed by atoms with Gasteiger partial charge < -0.3 is 33.2 Å². The summed E-state index contributed by atoms with van der Waals surface area (Å²) in [7, 11) is 0. The first-order valence-electron chi connectivity index (χ1n) is 26.5. The minimum atomic E-state index is -0.565. The molecule has 8 aliphatic rings. The van der Waals surface area contributed by atoms with Crippen molar-refractivity contribution in [1.82, 2.24) is 0 Å². The maximum atomic E-state index is 13.0. The molecular formula is C55H94O7. The number of ether oxygens (including phenoxy) is 6. The summed E-state index contributed by atoms with van der Waals surface area (Å²) in [5, 5.41) is 0. The van der Waals surface area contributed by atoms with Gasteiger partial charge in [0.1, 0.15) is 12.4 Å². The molecule has 5 aliphatic carbocycles. The van der Waals surface area contributed by atoms with Gasteiger partial charge in [-0.25, -0.2) is 0 Å². The number of aldehydes is 1. The zero-order valence-corrected chi connectivity index (χ0v) is 42.5. The Morgan fingerprint density at radius 1 is 0.516 bits per heavy atom. The van der Waals surface area contributed by atoms with Crippen LogP contribution < -0.4 is 0 Å². The topological polar surface area (TPSA) is 72.5 Å². The molecular weight excluding hydrogens is 773 g/mol. The van der Waals surface area contributed by atoms with Crippen LogP contribution in [0.3, 0.4) is 0 Å². The molecule has 8 rings (SSSR count). The van der Waals surface area contributed by atoms with Gasteiger partial charge in [-0.15, -0.1) is 0 Å². The molecule has 0 radical (unpaired) electrons. The molecule has 62 heavy (non-hydrogen) atoms. The summed E-state index contributed by atoms with van der Waals surface area (Å²) in [5.74, 6) is 5.27. The van der Waals surface area contributed by atoms with Gasteiger partial charge in [-0.1, -0.05) is 96.9 Å². The van der Waals surface area contributed by atoms with Crippen molar-refractivity contribution in [1.29, 1.82) is 0 Å². The van der Waals surface area contributed by atoms with Crippen molar-refractivity contribution in [2.75, 3.05) is 0 Å². The fourth-order valence-corrected chi connectivity index (χ4v) is 17.0. The summed E-state index contributed by atoms with van der Waals surface area (Å²) in [6, 6.07) is 0. The zero-order valence-electron chi connectivity index (χ0n) is 42.5. The normalized spacial score (nSPS) is 57.6. The molecule has 0 aromatic rings. The van der Waals surface area contributed by atoms with Gasteiger partial charge in [-0.2, -0.15) is 0 Å². The van der Waals surface area contributed by atoms with E-state index in [1.54, 1.807) is 0 Å². The third-order valence-corrected chi connectivity index (χ3v) is 22.7. The number of hydrogen-bond donors (Lipinski definition) is 0.